The highest BCUT2D eigenvalue weighted by Crippen LogP contribution is 2.27. The second kappa shape index (κ2) is 10.2. The lowest BCUT2D eigenvalue weighted by atomic mass is 9.85. The van der Waals surface area contributed by atoms with Gasteiger partial charge in [0.25, 0.3) is 5.91 Å². The Morgan fingerprint density at radius 1 is 1.06 bits per heavy atom. The molecular weight excluding hydrogens is 390 g/mol. The van der Waals surface area contributed by atoms with Crippen molar-refractivity contribution in [3.63, 3.8) is 0 Å². The first kappa shape index (κ1) is 22.5. The van der Waals surface area contributed by atoms with Crippen molar-refractivity contribution < 1.29 is 9.59 Å². The molecule has 164 valence electrons. The lowest BCUT2D eigenvalue weighted by Crippen LogP contribution is -2.47. The summed E-state index contributed by atoms with van der Waals surface area (Å²) in [6, 6.07) is 15.9. The summed E-state index contributed by atoms with van der Waals surface area (Å²) in [5.41, 5.74) is 12.9. The van der Waals surface area contributed by atoms with Crippen molar-refractivity contribution in [1.29, 1.82) is 5.41 Å². The first-order valence-corrected chi connectivity index (χ1v) is 10.7. The molecule has 0 aliphatic heterocycles. The maximum atomic E-state index is 13.4. The number of amides is 2. The van der Waals surface area contributed by atoms with Gasteiger partial charge in [0.2, 0.25) is 5.91 Å². The molecule has 0 heterocycles. The molecule has 0 spiro atoms. The van der Waals surface area contributed by atoms with Gasteiger partial charge in [0, 0.05) is 29.9 Å². The number of anilines is 1. The van der Waals surface area contributed by atoms with Crippen molar-refractivity contribution >= 4 is 23.3 Å². The summed E-state index contributed by atoms with van der Waals surface area (Å²) in [6.07, 6.45) is 4.02. The molecule has 2 aromatic rings. The van der Waals surface area contributed by atoms with Crippen molar-refractivity contribution in [1.82, 2.24) is 4.90 Å². The molecule has 0 radical (unpaired) electrons. The van der Waals surface area contributed by atoms with E-state index in [0.717, 1.165) is 25.7 Å². The zero-order valence-corrected chi connectivity index (χ0v) is 18.0. The Morgan fingerprint density at radius 3 is 2.45 bits per heavy atom. The van der Waals surface area contributed by atoms with Gasteiger partial charge in [-0.25, -0.2) is 0 Å². The Labute approximate surface area is 183 Å². The van der Waals surface area contributed by atoms with Crippen LogP contribution in [0.5, 0.6) is 0 Å². The van der Waals surface area contributed by atoms with Crippen LogP contribution in [0.4, 0.5) is 5.69 Å². The van der Waals surface area contributed by atoms with Crippen molar-refractivity contribution in [2.24, 2.45) is 17.4 Å². The van der Waals surface area contributed by atoms with Crippen LogP contribution in [-0.2, 0) is 4.79 Å². The smallest absolute Gasteiger partial charge is 0.258 e. The van der Waals surface area contributed by atoms with Gasteiger partial charge in [0.1, 0.15) is 12.4 Å². The topological polar surface area (TPSA) is 117 Å². The number of nitrogens with one attached hydrogen (secondary N) is 1. The summed E-state index contributed by atoms with van der Waals surface area (Å²) < 4.78 is 0. The molecule has 2 amide bonds. The minimum Gasteiger partial charge on any atom is -0.384 e. The zero-order valence-electron chi connectivity index (χ0n) is 18.0. The average Bonchev–Trinajstić information content (AvgIpc) is 2.82. The van der Waals surface area contributed by atoms with Gasteiger partial charge in [0.15, 0.2) is 0 Å². The zero-order chi connectivity index (χ0) is 22.4. The van der Waals surface area contributed by atoms with Gasteiger partial charge in [-0.15, -0.1) is 0 Å². The van der Waals surface area contributed by atoms with Crippen LogP contribution >= 0.6 is 0 Å². The fourth-order valence-corrected chi connectivity index (χ4v) is 4.14. The maximum Gasteiger partial charge on any atom is 0.258 e. The predicted octanol–water partition coefficient (Wildman–Crippen LogP) is 2.59. The number of para-hydroxylation sites is 1. The van der Waals surface area contributed by atoms with E-state index < -0.39 is 0 Å². The van der Waals surface area contributed by atoms with Crippen LogP contribution in [0.15, 0.2) is 54.6 Å². The Kier molecular flexibility index (Phi) is 7.41. The molecule has 1 aliphatic carbocycles. The largest absolute Gasteiger partial charge is 0.384 e. The SMILES string of the molecule is CN(C(=O)CN(C(=O)c1cccc(C(=N)N)c1)c1ccccc1)C1CCCC(CN)C1. The summed E-state index contributed by atoms with van der Waals surface area (Å²) in [5.74, 6) is -0.0826. The molecule has 1 fully saturated rings. The third-order valence-electron chi connectivity index (χ3n) is 6.06. The number of nitrogen functional groups attached to an aromatic ring is 1. The van der Waals surface area contributed by atoms with Gasteiger partial charge >= 0.3 is 0 Å². The van der Waals surface area contributed by atoms with Gasteiger partial charge < -0.3 is 16.4 Å². The van der Waals surface area contributed by atoms with Gasteiger partial charge in [-0.3, -0.25) is 19.9 Å². The Morgan fingerprint density at radius 2 is 1.77 bits per heavy atom. The van der Waals surface area contributed by atoms with Gasteiger partial charge in [-0.1, -0.05) is 36.8 Å². The van der Waals surface area contributed by atoms with Gasteiger partial charge in [-0.05, 0) is 56.0 Å². The summed E-state index contributed by atoms with van der Waals surface area (Å²) in [5, 5.41) is 7.64. The molecule has 2 atom stereocenters. The molecule has 0 saturated heterocycles. The molecule has 0 bridgehead atoms. The first-order chi connectivity index (χ1) is 14.9. The average molecular weight is 422 g/mol. The van der Waals surface area contributed by atoms with Gasteiger partial charge in [0.05, 0.1) is 0 Å². The first-order valence-electron chi connectivity index (χ1n) is 10.7. The molecule has 1 aliphatic rings. The van der Waals surface area contributed by atoms with Crippen LogP contribution in [0.1, 0.15) is 41.6 Å². The van der Waals surface area contributed by atoms with Crippen LogP contribution < -0.4 is 16.4 Å². The standard InChI is InChI=1S/C24H31N5O2/c1-28(21-12-5-7-17(13-21)15-25)22(30)16-29(20-10-3-2-4-11-20)24(31)19-9-6-8-18(14-19)23(26)27/h2-4,6,8-11,14,17,21H,5,7,12-13,15-16,25H2,1H3,(H3,26,27). The molecular formula is C24H31N5O2. The van der Waals surface area contributed by atoms with Crippen LogP contribution in [0, 0.1) is 11.3 Å². The summed E-state index contributed by atoms with van der Waals surface area (Å²) in [7, 11) is 1.82. The molecule has 31 heavy (non-hydrogen) atoms. The highest BCUT2D eigenvalue weighted by atomic mass is 16.2. The fourth-order valence-electron chi connectivity index (χ4n) is 4.14. The number of carbonyl (C=O) groups excluding carboxylic acids is 2. The van der Waals surface area contributed by atoms with Crippen LogP contribution in [-0.4, -0.2) is 48.7 Å². The number of benzene rings is 2. The number of hydrogen-bond acceptors (Lipinski definition) is 4. The van der Waals surface area contributed by atoms with E-state index in [-0.39, 0.29) is 30.2 Å². The Hall–Kier alpha value is -3.19. The van der Waals surface area contributed by atoms with E-state index in [1.807, 2.05) is 37.4 Å². The van der Waals surface area contributed by atoms with Crippen molar-refractivity contribution in [2.45, 2.75) is 31.7 Å². The lowest BCUT2D eigenvalue weighted by molar-refractivity contribution is -0.131. The van der Waals surface area contributed by atoms with Crippen LogP contribution in [0.3, 0.4) is 0 Å². The van der Waals surface area contributed by atoms with E-state index in [1.54, 1.807) is 29.2 Å². The number of hydrogen-bond donors (Lipinski definition) is 3. The van der Waals surface area contributed by atoms with E-state index in [4.69, 9.17) is 16.9 Å². The monoisotopic (exact) mass is 421 g/mol. The van der Waals surface area contributed by atoms with E-state index in [2.05, 4.69) is 0 Å². The van der Waals surface area contributed by atoms with Crippen LogP contribution in [0.25, 0.3) is 0 Å². The lowest BCUT2D eigenvalue weighted by Gasteiger charge is -2.36. The molecule has 2 aromatic carbocycles. The Bertz CT molecular complexity index is 931. The normalized spacial score (nSPS) is 18.3. The van der Waals surface area contributed by atoms with Crippen molar-refractivity contribution in [3.8, 4) is 0 Å². The molecule has 1 saturated carbocycles. The van der Waals surface area contributed by atoms with Gasteiger partial charge in [-0.2, -0.15) is 0 Å². The highest BCUT2D eigenvalue weighted by molar-refractivity contribution is 6.10. The second-order valence-corrected chi connectivity index (χ2v) is 8.15. The fraction of sp³-hybridized carbons (Fsp3) is 0.375. The number of amidine groups is 1. The Balaban J connectivity index is 1.83. The van der Waals surface area contributed by atoms with Crippen molar-refractivity contribution in [3.05, 3.63) is 65.7 Å². The molecule has 7 nitrogen and oxygen atoms in total. The third-order valence-corrected chi connectivity index (χ3v) is 6.06. The molecule has 0 aromatic heterocycles. The number of carbonyl (C=O) groups is 2. The van der Waals surface area contributed by atoms with E-state index >= 15 is 0 Å². The molecule has 2 unspecified atom stereocenters. The number of nitrogens with zero attached hydrogens (tertiary/aromatic N) is 2. The molecule has 3 rings (SSSR count). The summed E-state index contributed by atoms with van der Waals surface area (Å²) >= 11 is 0. The molecule has 7 heteroatoms. The summed E-state index contributed by atoms with van der Waals surface area (Å²) in [4.78, 5) is 29.8. The minimum absolute atomic E-state index is 0.0621. The van der Waals surface area contributed by atoms with Crippen molar-refractivity contribution in [2.75, 3.05) is 25.0 Å². The second-order valence-electron chi connectivity index (χ2n) is 8.15. The minimum atomic E-state index is -0.306. The third kappa shape index (κ3) is 5.49. The predicted molar refractivity (Wildman–Crippen MR) is 123 cm³/mol. The highest BCUT2D eigenvalue weighted by Gasteiger charge is 2.29. The molecule has 5 N–H and O–H groups in total. The number of likely N-dealkylation sites (N-methyl/N-ethyl adjacent to an activating group) is 1. The van der Waals surface area contributed by atoms with Crippen LogP contribution in [0.2, 0.25) is 0 Å². The van der Waals surface area contributed by atoms with E-state index in [9.17, 15) is 9.59 Å². The maximum absolute atomic E-state index is 13.4. The number of nitrogens with two attached hydrogens (primary N) is 2. The van der Waals surface area contributed by atoms with E-state index in [1.165, 1.54) is 4.90 Å². The number of rotatable bonds is 7. The summed E-state index contributed by atoms with van der Waals surface area (Å²) in [6.45, 7) is 0.576. The van der Waals surface area contributed by atoms with E-state index in [0.29, 0.717) is 29.3 Å². The quantitative estimate of drug-likeness (QED) is 0.470.